The van der Waals surface area contributed by atoms with E-state index in [1.54, 1.807) is 18.3 Å². The normalized spacial score (nSPS) is 10.4. The smallest absolute Gasteiger partial charge is 0.354 e. The number of methoxy groups -OCH3 is 1. The first-order chi connectivity index (χ1) is 10.6. The molecule has 8 heteroatoms. The fraction of sp³-hybridized carbons (Fsp3) is 0.286. The van der Waals surface area contributed by atoms with Crippen LogP contribution in [0.15, 0.2) is 30.7 Å². The molecule has 116 valence electrons. The minimum absolute atomic E-state index is 0.125. The molecule has 2 N–H and O–H groups in total. The maximum atomic E-state index is 12.5. The Kier molecular flexibility index (Phi) is 5.21. The fourth-order valence-corrected chi connectivity index (χ4v) is 1.91. The van der Waals surface area contributed by atoms with Crippen LogP contribution >= 0.6 is 0 Å². The highest BCUT2D eigenvalue weighted by Crippen LogP contribution is 2.10. The van der Waals surface area contributed by atoms with Crippen molar-refractivity contribution in [1.82, 2.24) is 19.9 Å². The van der Waals surface area contributed by atoms with E-state index in [4.69, 9.17) is 9.84 Å². The first kappa shape index (κ1) is 15.6. The van der Waals surface area contributed by atoms with Crippen molar-refractivity contribution >= 4 is 11.9 Å². The van der Waals surface area contributed by atoms with Crippen molar-refractivity contribution in [2.75, 3.05) is 20.3 Å². The fourth-order valence-electron chi connectivity index (χ4n) is 1.91. The molecule has 0 atom stereocenters. The summed E-state index contributed by atoms with van der Waals surface area (Å²) < 4.78 is 5.00. The van der Waals surface area contributed by atoms with E-state index in [-0.39, 0.29) is 17.9 Å². The molecule has 2 heterocycles. The van der Waals surface area contributed by atoms with E-state index in [0.29, 0.717) is 18.8 Å². The number of amides is 1. The lowest BCUT2D eigenvalue weighted by molar-refractivity contribution is 0.0639. The van der Waals surface area contributed by atoms with E-state index in [0.717, 1.165) is 0 Å². The van der Waals surface area contributed by atoms with Gasteiger partial charge >= 0.3 is 5.97 Å². The Balaban J connectivity index is 2.22. The first-order valence-electron chi connectivity index (χ1n) is 6.58. The molecule has 0 spiro atoms. The first-order valence-corrected chi connectivity index (χ1v) is 6.58. The Morgan fingerprint density at radius 3 is 2.82 bits per heavy atom. The second-order valence-electron chi connectivity index (χ2n) is 4.47. The molecule has 2 aromatic rings. The molecule has 22 heavy (non-hydrogen) atoms. The lowest BCUT2D eigenvalue weighted by atomic mass is 10.2. The number of hydrogen-bond donors (Lipinski definition) is 2. The summed E-state index contributed by atoms with van der Waals surface area (Å²) in [5.41, 5.74) is 0.340. The van der Waals surface area contributed by atoms with Gasteiger partial charge in [-0.05, 0) is 12.1 Å². The lowest BCUT2D eigenvalue weighted by Crippen LogP contribution is -2.34. The molecule has 0 unspecified atom stereocenters. The van der Waals surface area contributed by atoms with E-state index in [1.165, 1.54) is 18.3 Å². The minimum Gasteiger partial charge on any atom is -0.477 e. The Bertz CT molecular complexity index is 641. The monoisotopic (exact) mass is 304 g/mol. The Morgan fingerprint density at radius 1 is 1.36 bits per heavy atom. The van der Waals surface area contributed by atoms with Crippen LogP contribution in [-0.4, -0.2) is 57.1 Å². The maximum absolute atomic E-state index is 12.5. The van der Waals surface area contributed by atoms with Crippen LogP contribution in [-0.2, 0) is 11.3 Å². The summed E-state index contributed by atoms with van der Waals surface area (Å²) in [6, 6.07) is 5.38. The highest BCUT2D eigenvalue weighted by Gasteiger charge is 2.24. The molecule has 0 saturated carbocycles. The molecular formula is C14H16N4O4. The number of aromatic nitrogens is 3. The number of H-pyrrole nitrogens is 1. The van der Waals surface area contributed by atoms with Gasteiger partial charge in [-0.25, -0.2) is 9.78 Å². The van der Waals surface area contributed by atoms with Crippen LogP contribution < -0.4 is 0 Å². The molecule has 0 aromatic carbocycles. The summed E-state index contributed by atoms with van der Waals surface area (Å²) in [5, 5.41) is 9.07. The van der Waals surface area contributed by atoms with Crippen molar-refractivity contribution in [2.24, 2.45) is 0 Å². The molecule has 2 rings (SSSR count). The van der Waals surface area contributed by atoms with Gasteiger partial charge in [0.1, 0.15) is 0 Å². The summed E-state index contributed by atoms with van der Waals surface area (Å²) in [4.78, 5) is 35.5. The third-order valence-electron chi connectivity index (χ3n) is 2.99. The predicted octanol–water partition coefficient (Wildman–Crippen LogP) is 0.792. The molecule has 0 aliphatic rings. The van der Waals surface area contributed by atoms with Crippen LogP contribution in [0.3, 0.4) is 0 Å². The summed E-state index contributed by atoms with van der Waals surface area (Å²) in [7, 11) is 1.53. The average molecular weight is 304 g/mol. The van der Waals surface area contributed by atoms with Crippen molar-refractivity contribution in [3.63, 3.8) is 0 Å². The number of hydrogen-bond acceptors (Lipinski definition) is 5. The van der Waals surface area contributed by atoms with Gasteiger partial charge in [0.05, 0.1) is 25.2 Å². The topological polar surface area (TPSA) is 108 Å². The number of aromatic carboxylic acids is 1. The van der Waals surface area contributed by atoms with E-state index < -0.39 is 11.9 Å². The molecule has 0 aliphatic heterocycles. The van der Waals surface area contributed by atoms with Gasteiger partial charge in [0.2, 0.25) is 0 Å². The van der Waals surface area contributed by atoms with Gasteiger partial charge in [0.25, 0.3) is 5.91 Å². The zero-order chi connectivity index (χ0) is 15.9. The van der Waals surface area contributed by atoms with Crippen molar-refractivity contribution in [3.8, 4) is 0 Å². The number of nitrogens with one attached hydrogen (secondary N) is 1. The standard InChI is InChI=1S/C14H16N4O4/c1-22-7-6-18(8-10-4-2-3-5-15-10)13(19)11-12(14(20)21)17-9-16-11/h2-5,9H,6-8H2,1H3,(H,16,17)(H,20,21). The number of ether oxygens (including phenoxy) is 1. The number of carboxylic acids is 1. The summed E-state index contributed by atoms with van der Waals surface area (Å²) >= 11 is 0. The third-order valence-corrected chi connectivity index (χ3v) is 2.99. The largest absolute Gasteiger partial charge is 0.477 e. The van der Waals surface area contributed by atoms with Gasteiger partial charge in [-0.1, -0.05) is 6.07 Å². The second kappa shape index (κ2) is 7.32. The highest BCUT2D eigenvalue weighted by atomic mass is 16.5. The van der Waals surface area contributed by atoms with Gasteiger partial charge in [-0.2, -0.15) is 0 Å². The summed E-state index contributed by atoms with van der Waals surface area (Å²) in [5.74, 6) is -1.72. The molecule has 1 amide bonds. The van der Waals surface area contributed by atoms with Gasteiger partial charge < -0.3 is 19.7 Å². The van der Waals surface area contributed by atoms with Crippen LogP contribution in [0.5, 0.6) is 0 Å². The van der Waals surface area contributed by atoms with Gasteiger partial charge in [0, 0.05) is 19.9 Å². The van der Waals surface area contributed by atoms with Gasteiger partial charge in [0.15, 0.2) is 11.4 Å². The molecule has 2 aromatic heterocycles. The zero-order valence-corrected chi connectivity index (χ0v) is 12.0. The Morgan fingerprint density at radius 2 is 2.18 bits per heavy atom. The molecule has 0 radical (unpaired) electrons. The van der Waals surface area contributed by atoms with Crippen molar-refractivity contribution in [3.05, 3.63) is 47.8 Å². The van der Waals surface area contributed by atoms with E-state index in [1.807, 2.05) is 6.07 Å². The SMILES string of the molecule is COCCN(Cc1ccccn1)C(=O)c1nc[nH]c1C(=O)O. The number of nitrogens with zero attached hydrogens (tertiary/aromatic N) is 3. The predicted molar refractivity (Wildman–Crippen MR) is 76.4 cm³/mol. The van der Waals surface area contributed by atoms with Crippen LogP contribution in [0, 0.1) is 0 Å². The van der Waals surface area contributed by atoms with Crippen molar-refractivity contribution in [2.45, 2.75) is 6.54 Å². The molecule has 0 bridgehead atoms. The summed E-state index contributed by atoms with van der Waals surface area (Å²) in [6.45, 7) is 0.873. The Hall–Kier alpha value is -2.74. The number of rotatable bonds is 7. The lowest BCUT2D eigenvalue weighted by Gasteiger charge is -2.21. The van der Waals surface area contributed by atoms with Crippen molar-refractivity contribution in [1.29, 1.82) is 0 Å². The number of imidazole rings is 1. The molecule has 0 aliphatic carbocycles. The number of carbonyl (C=O) groups is 2. The van der Waals surface area contributed by atoms with Crippen LogP contribution in [0.1, 0.15) is 26.7 Å². The number of aromatic amines is 1. The third kappa shape index (κ3) is 3.67. The number of carbonyl (C=O) groups excluding carboxylic acids is 1. The van der Waals surface area contributed by atoms with Crippen LogP contribution in [0.25, 0.3) is 0 Å². The number of pyridine rings is 1. The summed E-state index contributed by atoms with van der Waals surface area (Å²) in [6.07, 6.45) is 2.82. The average Bonchev–Trinajstić information content (AvgIpc) is 3.01. The molecule has 0 saturated heterocycles. The van der Waals surface area contributed by atoms with Crippen LogP contribution in [0.2, 0.25) is 0 Å². The molecule has 8 nitrogen and oxygen atoms in total. The van der Waals surface area contributed by atoms with E-state index >= 15 is 0 Å². The zero-order valence-electron chi connectivity index (χ0n) is 12.0. The van der Waals surface area contributed by atoms with Crippen LogP contribution in [0.4, 0.5) is 0 Å². The highest BCUT2D eigenvalue weighted by molar-refractivity contribution is 6.02. The second-order valence-corrected chi connectivity index (χ2v) is 4.47. The van der Waals surface area contributed by atoms with E-state index in [2.05, 4.69) is 15.0 Å². The minimum atomic E-state index is -1.23. The van der Waals surface area contributed by atoms with Crippen molar-refractivity contribution < 1.29 is 19.4 Å². The molecular weight excluding hydrogens is 288 g/mol. The Labute approximate surface area is 126 Å². The van der Waals surface area contributed by atoms with E-state index in [9.17, 15) is 9.59 Å². The number of carboxylic acid groups (broad SMARTS) is 1. The van der Waals surface area contributed by atoms with Gasteiger partial charge in [-0.15, -0.1) is 0 Å². The maximum Gasteiger partial charge on any atom is 0.354 e. The quantitative estimate of drug-likeness (QED) is 0.783. The van der Waals surface area contributed by atoms with Gasteiger partial charge in [-0.3, -0.25) is 9.78 Å². The molecule has 0 fully saturated rings.